The highest BCUT2D eigenvalue weighted by Crippen LogP contribution is 2.23. The van der Waals surface area contributed by atoms with Crippen molar-refractivity contribution in [1.29, 1.82) is 0 Å². The zero-order chi connectivity index (χ0) is 21.4. The predicted octanol–water partition coefficient (Wildman–Crippen LogP) is 4.03. The number of hydrogen-bond donors (Lipinski definition) is 1. The van der Waals surface area contributed by atoms with E-state index in [0.717, 1.165) is 11.6 Å². The number of aliphatic carboxylic acids is 1. The summed E-state index contributed by atoms with van der Waals surface area (Å²) in [4.78, 5) is 26.5. The lowest BCUT2D eigenvalue weighted by atomic mass is 10.0. The molecule has 1 aromatic rings. The molecular weight excluding hydrogens is 386 g/mol. The van der Waals surface area contributed by atoms with E-state index in [9.17, 15) is 14.7 Å². The Morgan fingerprint density at radius 2 is 1.90 bits per heavy atom. The molecule has 6 nitrogen and oxygen atoms in total. The number of Topliss-reactive ketones (excluding diaryl/α,β-unsaturated/α-hetero) is 1. The van der Waals surface area contributed by atoms with Gasteiger partial charge in [-0.1, -0.05) is 56.9 Å². The third kappa shape index (κ3) is 7.18. The maximum absolute atomic E-state index is 12.9. The standard InChI is InChI=1S/C22H31NO5Si/c1-5-18-13-23(16-27-11-12-29(2,3)4)14-19(21(24)20(18)22(25)26)28-15-17-9-7-6-8-10-17/h6-10,14H,5,11-13,15-16H2,1-4H3,(H,25,26). The maximum Gasteiger partial charge on any atom is 0.339 e. The van der Waals surface area contributed by atoms with Gasteiger partial charge in [0.05, 0.1) is 0 Å². The van der Waals surface area contributed by atoms with Gasteiger partial charge in [0.15, 0.2) is 5.76 Å². The van der Waals surface area contributed by atoms with Crippen LogP contribution in [0.5, 0.6) is 0 Å². The van der Waals surface area contributed by atoms with Gasteiger partial charge < -0.3 is 19.5 Å². The average molecular weight is 418 g/mol. The summed E-state index contributed by atoms with van der Waals surface area (Å²) in [6, 6.07) is 10.5. The lowest BCUT2D eigenvalue weighted by molar-refractivity contribution is -0.134. The molecule has 0 radical (unpaired) electrons. The number of benzene rings is 1. The molecule has 0 saturated carbocycles. The monoisotopic (exact) mass is 417 g/mol. The van der Waals surface area contributed by atoms with Crippen LogP contribution in [0, 0.1) is 0 Å². The second-order valence-electron chi connectivity index (χ2n) is 8.33. The minimum Gasteiger partial charge on any atom is -0.483 e. The number of nitrogens with zero attached hydrogens (tertiary/aromatic N) is 1. The predicted molar refractivity (Wildman–Crippen MR) is 115 cm³/mol. The van der Waals surface area contributed by atoms with E-state index in [1.807, 2.05) is 42.2 Å². The molecule has 0 unspecified atom stereocenters. The molecule has 1 aliphatic rings. The third-order valence-electron chi connectivity index (χ3n) is 4.63. The van der Waals surface area contributed by atoms with Crippen molar-refractivity contribution in [1.82, 2.24) is 4.90 Å². The van der Waals surface area contributed by atoms with Crippen LogP contribution in [-0.2, 0) is 25.7 Å². The van der Waals surface area contributed by atoms with Crippen LogP contribution in [-0.4, -0.2) is 49.7 Å². The van der Waals surface area contributed by atoms with Crippen LogP contribution in [0.3, 0.4) is 0 Å². The molecule has 1 aromatic carbocycles. The van der Waals surface area contributed by atoms with Crippen LogP contribution >= 0.6 is 0 Å². The molecule has 1 aliphatic heterocycles. The van der Waals surface area contributed by atoms with Gasteiger partial charge in [0.1, 0.15) is 18.9 Å². The van der Waals surface area contributed by atoms with E-state index in [1.165, 1.54) is 0 Å². The van der Waals surface area contributed by atoms with E-state index < -0.39 is 19.8 Å². The van der Waals surface area contributed by atoms with Crippen molar-refractivity contribution in [2.45, 2.75) is 45.6 Å². The largest absolute Gasteiger partial charge is 0.483 e. The van der Waals surface area contributed by atoms with Crippen LogP contribution < -0.4 is 0 Å². The van der Waals surface area contributed by atoms with Gasteiger partial charge in [-0.2, -0.15) is 0 Å². The Balaban J connectivity index is 2.18. The van der Waals surface area contributed by atoms with Crippen molar-refractivity contribution in [3.8, 4) is 0 Å². The van der Waals surface area contributed by atoms with Crippen LogP contribution in [0.1, 0.15) is 18.9 Å². The van der Waals surface area contributed by atoms with Crippen LogP contribution in [0.4, 0.5) is 0 Å². The van der Waals surface area contributed by atoms with Crippen molar-refractivity contribution >= 4 is 19.8 Å². The molecule has 0 bridgehead atoms. The SMILES string of the molecule is CCC1=C(C(=O)O)C(=O)C(OCc2ccccc2)=CN(COCC[Si](C)(C)C)C1. The second-order valence-corrected chi connectivity index (χ2v) is 14.0. The van der Waals surface area contributed by atoms with Gasteiger partial charge in [-0.05, 0) is 23.6 Å². The molecule has 0 fully saturated rings. The molecule has 0 spiro atoms. The number of ether oxygens (including phenoxy) is 2. The van der Waals surface area contributed by atoms with E-state index in [1.54, 1.807) is 6.20 Å². The van der Waals surface area contributed by atoms with Gasteiger partial charge >= 0.3 is 5.97 Å². The number of carbonyl (C=O) groups is 2. The Morgan fingerprint density at radius 1 is 1.21 bits per heavy atom. The molecule has 0 atom stereocenters. The van der Waals surface area contributed by atoms with Gasteiger partial charge in [-0.25, -0.2) is 4.79 Å². The molecule has 1 N–H and O–H groups in total. The highest BCUT2D eigenvalue weighted by Gasteiger charge is 2.30. The van der Waals surface area contributed by atoms with Crippen molar-refractivity contribution in [3.63, 3.8) is 0 Å². The van der Waals surface area contributed by atoms with E-state index in [0.29, 0.717) is 25.1 Å². The van der Waals surface area contributed by atoms with E-state index in [4.69, 9.17) is 9.47 Å². The number of carbonyl (C=O) groups excluding carboxylic acids is 1. The van der Waals surface area contributed by atoms with E-state index in [-0.39, 0.29) is 24.7 Å². The molecule has 0 aliphatic carbocycles. The first-order valence-corrected chi connectivity index (χ1v) is 13.6. The zero-order valence-corrected chi connectivity index (χ0v) is 18.7. The Kier molecular flexibility index (Phi) is 8.22. The quantitative estimate of drug-likeness (QED) is 0.352. The molecule has 0 saturated heterocycles. The summed E-state index contributed by atoms with van der Waals surface area (Å²) < 4.78 is 11.6. The van der Waals surface area contributed by atoms with Crippen LogP contribution in [0.15, 0.2) is 53.4 Å². The fraction of sp³-hybridized carbons (Fsp3) is 0.455. The molecule has 7 heteroatoms. The van der Waals surface area contributed by atoms with Gasteiger partial charge in [0.25, 0.3) is 0 Å². The van der Waals surface area contributed by atoms with Crippen LogP contribution in [0.2, 0.25) is 25.7 Å². The number of carboxylic acids is 1. The first-order valence-electron chi connectivity index (χ1n) is 9.91. The van der Waals surface area contributed by atoms with E-state index in [2.05, 4.69) is 19.6 Å². The summed E-state index contributed by atoms with van der Waals surface area (Å²) in [5, 5.41) is 9.62. The second kappa shape index (κ2) is 10.4. The summed E-state index contributed by atoms with van der Waals surface area (Å²) in [5.74, 6) is -1.78. The Morgan fingerprint density at radius 3 is 2.48 bits per heavy atom. The summed E-state index contributed by atoms with van der Waals surface area (Å²) in [6.07, 6.45) is 2.06. The summed E-state index contributed by atoms with van der Waals surface area (Å²) in [7, 11) is -1.20. The summed E-state index contributed by atoms with van der Waals surface area (Å²) in [5.41, 5.74) is 1.28. The Hall–Kier alpha value is -2.38. The molecule has 29 heavy (non-hydrogen) atoms. The minimum absolute atomic E-state index is 0.0310. The molecule has 0 aromatic heterocycles. The molecule has 158 valence electrons. The fourth-order valence-electron chi connectivity index (χ4n) is 2.90. The topological polar surface area (TPSA) is 76.1 Å². The number of carboxylic acid groups (broad SMARTS) is 1. The minimum atomic E-state index is -1.22. The van der Waals surface area contributed by atoms with E-state index >= 15 is 0 Å². The zero-order valence-electron chi connectivity index (χ0n) is 17.7. The van der Waals surface area contributed by atoms with Crippen LogP contribution in [0.25, 0.3) is 0 Å². The first-order chi connectivity index (χ1) is 13.7. The highest BCUT2D eigenvalue weighted by atomic mass is 28.3. The third-order valence-corrected chi connectivity index (χ3v) is 6.33. The summed E-state index contributed by atoms with van der Waals surface area (Å²) in [6.45, 7) is 10.2. The number of hydrogen-bond acceptors (Lipinski definition) is 5. The first kappa shape index (κ1) is 22.9. The smallest absolute Gasteiger partial charge is 0.339 e. The molecule has 1 heterocycles. The van der Waals surface area contributed by atoms with Crippen molar-refractivity contribution in [2.24, 2.45) is 0 Å². The maximum atomic E-state index is 12.9. The van der Waals surface area contributed by atoms with Gasteiger partial charge in [-0.15, -0.1) is 0 Å². The normalized spacial score (nSPS) is 15.2. The highest BCUT2D eigenvalue weighted by molar-refractivity contribution is 6.76. The Bertz CT molecular complexity index is 780. The lowest BCUT2D eigenvalue weighted by Gasteiger charge is -2.22. The van der Waals surface area contributed by atoms with Gasteiger partial charge in [0, 0.05) is 27.4 Å². The Labute approximate surface area is 173 Å². The van der Waals surface area contributed by atoms with Crippen molar-refractivity contribution < 1.29 is 24.2 Å². The number of allylic oxidation sites excluding steroid dienone is 1. The van der Waals surface area contributed by atoms with Gasteiger partial charge in [0.2, 0.25) is 5.78 Å². The van der Waals surface area contributed by atoms with Crippen molar-refractivity contribution in [2.75, 3.05) is 19.9 Å². The molecule has 2 rings (SSSR count). The number of ketones is 1. The average Bonchev–Trinajstić information content (AvgIpc) is 2.80. The fourth-order valence-corrected chi connectivity index (χ4v) is 3.65. The lowest BCUT2D eigenvalue weighted by Crippen LogP contribution is -2.27. The summed E-state index contributed by atoms with van der Waals surface area (Å²) >= 11 is 0. The van der Waals surface area contributed by atoms with Gasteiger partial charge in [-0.3, -0.25) is 4.79 Å². The molecule has 0 amide bonds. The molecular formula is C22H31NO5Si. The number of rotatable bonds is 10. The van der Waals surface area contributed by atoms with Crippen molar-refractivity contribution in [3.05, 3.63) is 59.0 Å².